The zero-order valence-corrected chi connectivity index (χ0v) is 10.6. The molecule has 0 fully saturated rings. The largest absolute Gasteiger partial charge is 0.493 e. The molecular formula is C11H12ClFN2O3. The number of carbonyl (C=O) groups is 1. The van der Waals surface area contributed by atoms with Crippen molar-refractivity contribution in [1.29, 1.82) is 0 Å². The number of halogens is 2. The molecule has 0 saturated carbocycles. The number of benzene rings is 1. The van der Waals surface area contributed by atoms with E-state index in [0.29, 0.717) is 0 Å². The summed E-state index contributed by atoms with van der Waals surface area (Å²) in [5.74, 6) is -1.53. The molecule has 98 valence electrons. The molecule has 0 bridgehead atoms. The second-order valence-electron chi connectivity index (χ2n) is 3.20. The van der Waals surface area contributed by atoms with Gasteiger partial charge in [0.2, 0.25) is 0 Å². The minimum absolute atomic E-state index is 0.00802. The molecular weight excluding hydrogens is 263 g/mol. The quantitative estimate of drug-likeness (QED) is 0.393. The van der Waals surface area contributed by atoms with E-state index < -0.39 is 11.8 Å². The molecule has 0 heterocycles. The van der Waals surface area contributed by atoms with Crippen molar-refractivity contribution in [1.82, 2.24) is 0 Å². The second kappa shape index (κ2) is 6.20. The third kappa shape index (κ3) is 2.89. The topological polar surface area (TPSA) is 73.9 Å². The summed E-state index contributed by atoms with van der Waals surface area (Å²) in [7, 11) is 2.43. The fraction of sp³-hybridized carbons (Fsp3) is 0.273. The Hall–Kier alpha value is -1.82. The summed E-state index contributed by atoms with van der Waals surface area (Å²) in [5.41, 5.74) is 5.35. The van der Waals surface area contributed by atoms with Gasteiger partial charge in [-0.05, 0) is 12.1 Å². The Morgan fingerprint density at radius 1 is 1.50 bits per heavy atom. The van der Waals surface area contributed by atoms with Gasteiger partial charge in [0.25, 0.3) is 0 Å². The molecule has 0 unspecified atom stereocenters. The minimum atomic E-state index is -0.856. The van der Waals surface area contributed by atoms with E-state index in [0.717, 1.165) is 13.2 Å². The van der Waals surface area contributed by atoms with E-state index in [1.165, 1.54) is 13.2 Å². The summed E-state index contributed by atoms with van der Waals surface area (Å²) >= 11 is 5.50. The summed E-state index contributed by atoms with van der Waals surface area (Å²) in [5, 5.41) is 0. The van der Waals surface area contributed by atoms with Crippen LogP contribution < -0.4 is 10.5 Å². The maximum Gasteiger partial charge on any atom is 0.344 e. The van der Waals surface area contributed by atoms with Crippen LogP contribution in [-0.4, -0.2) is 31.9 Å². The smallest absolute Gasteiger partial charge is 0.344 e. The van der Waals surface area contributed by atoms with Gasteiger partial charge in [-0.3, -0.25) is 0 Å². The van der Waals surface area contributed by atoms with Crippen molar-refractivity contribution in [2.75, 3.05) is 20.1 Å². The summed E-state index contributed by atoms with van der Waals surface area (Å²) < 4.78 is 23.0. The molecule has 1 aromatic rings. The van der Waals surface area contributed by atoms with Crippen molar-refractivity contribution in [2.45, 2.75) is 0 Å². The van der Waals surface area contributed by atoms with Gasteiger partial charge in [0, 0.05) is 0 Å². The number of alkyl halides is 1. The Labute approximate surface area is 108 Å². The van der Waals surface area contributed by atoms with Crippen molar-refractivity contribution in [2.24, 2.45) is 10.7 Å². The molecule has 0 saturated heterocycles. The monoisotopic (exact) mass is 274 g/mol. The van der Waals surface area contributed by atoms with E-state index >= 15 is 0 Å². The van der Waals surface area contributed by atoms with Crippen LogP contribution in [-0.2, 0) is 4.74 Å². The summed E-state index contributed by atoms with van der Waals surface area (Å²) in [6.07, 6.45) is 0. The van der Waals surface area contributed by atoms with Crippen molar-refractivity contribution < 1.29 is 18.7 Å². The molecule has 0 aliphatic carbocycles. The van der Waals surface area contributed by atoms with Gasteiger partial charge in [0.1, 0.15) is 22.9 Å². The van der Waals surface area contributed by atoms with Gasteiger partial charge < -0.3 is 15.2 Å². The second-order valence-corrected chi connectivity index (χ2v) is 3.47. The Kier molecular flexibility index (Phi) is 4.91. The Morgan fingerprint density at radius 3 is 2.67 bits per heavy atom. The predicted molar refractivity (Wildman–Crippen MR) is 66.3 cm³/mol. The van der Waals surface area contributed by atoms with Gasteiger partial charge in [-0.2, -0.15) is 0 Å². The Bertz CT molecular complexity index is 491. The van der Waals surface area contributed by atoms with Gasteiger partial charge in [-0.15, -0.1) is 11.6 Å². The number of hydrogen-bond donors (Lipinski definition) is 1. The molecule has 5 nitrogen and oxygen atoms in total. The van der Waals surface area contributed by atoms with Crippen molar-refractivity contribution in [3.05, 3.63) is 23.5 Å². The van der Waals surface area contributed by atoms with Gasteiger partial charge in [-0.25, -0.2) is 14.2 Å². The number of ether oxygens (including phenoxy) is 2. The van der Waals surface area contributed by atoms with E-state index in [2.05, 4.69) is 9.73 Å². The fourth-order valence-corrected chi connectivity index (χ4v) is 1.38. The molecule has 1 rings (SSSR count). The first-order valence-corrected chi connectivity index (χ1v) is 5.42. The minimum Gasteiger partial charge on any atom is -0.493 e. The van der Waals surface area contributed by atoms with Crippen molar-refractivity contribution in [3.63, 3.8) is 0 Å². The number of hydrogen-bond acceptors (Lipinski definition) is 4. The third-order valence-corrected chi connectivity index (χ3v) is 2.35. The zero-order valence-electron chi connectivity index (χ0n) is 9.87. The van der Waals surface area contributed by atoms with E-state index in [1.54, 1.807) is 0 Å². The van der Waals surface area contributed by atoms with Gasteiger partial charge in [-0.1, -0.05) is 0 Å². The first kappa shape index (κ1) is 14.2. The Balaban J connectivity index is 3.43. The third-order valence-electron chi connectivity index (χ3n) is 2.08. The summed E-state index contributed by atoms with van der Waals surface area (Å²) in [6, 6.07) is 2.41. The lowest BCUT2D eigenvalue weighted by atomic mass is 10.1. The normalized spacial score (nSPS) is 11.2. The van der Waals surface area contributed by atoms with E-state index in [4.69, 9.17) is 22.1 Å². The van der Waals surface area contributed by atoms with Crippen molar-refractivity contribution >= 4 is 29.1 Å². The Morgan fingerprint density at radius 2 is 2.17 bits per heavy atom. The number of nitrogens with zero attached hydrogens (tertiary/aromatic N) is 1. The molecule has 0 atom stereocenters. The number of esters is 1. The van der Waals surface area contributed by atoms with Gasteiger partial charge in [0.05, 0.1) is 20.1 Å². The lowest BCUT2D eigenvalue weighted by Crippen LogP contribution is -2.13. The SMILES string of the molecule is COC(=O)c1c(F)ccc(N=C(N)CCl)c1OC. The highest BCUT2D eigenvalue weighted by Crippen LogP contribution is 2.33. The summed E-state index contributed by atoms with van der Waals surface area (Å²) in [6.45, 7) is 0. The number of carbonyl (C=O) groups excluding carboxylic acids is 1. The molecule has 0 aliphatic heterocycles. The zero-order chi connectivity index (χ0) is 13.7. The van der Waals surface area contributed by atoms with Crippen LogP contribution in [0.2, 0.25) is 0 Å². The maximum atomic E-state index is 13.6. The molecule has 7 heteroatoms. The van der Waals surface area contributed by atoms with Crippen LogP contribution in [0.25, 0.3) is 0 Å². The number of rotatable bonds is 4. The summed E-state index contributed by atoms with van der Waals surface area (Å²) in [4.78, 5) is 15.4. The van der Waals surface area contributed by atoms with Crippen LogP contribution in [0.5, 0.6) is 5.75 Å². The average molecular weight is 275 g/mol. The highest BCUT2D eigenvalue weighted by molar-refractivity contribution is 6.28. The molecule has 18 heavy (non-hydrogen) atoms. The highest BCUT2D eigenvalue weighted by Gasteiger charge is 2.21. The first-order valence-electron chi connectivity index (χ1n) is 4.89. The average Bonchev–Trinajstić information content (AvgIpc) is 2.39. The fourth-order valence-electron chi connectivity index (χ4n) is 1.32. The lowest BCUT2D eigenvalue weighted by Gasteiger charge is -2.10. The van der Waals surface area contributed by atoms with Crippen LogP contribution in [0, 0.1) is 5.82 Å². The maximum absolute atomic E-state index is 13.6. The van der Waals surface area contributed by atoms with E-state index in [1.807, 2.05) is 0 Å². The molecule has 0 spiro atoms. The number of amidine groups is 1. The molecule has 2 N–H and O–H groups in total. The van der Waals surface area contributed by atoms with Crippen LogP contribution >= 0.6 is 11.6 Å². The first-order chi connectivity index (χ1) is 8.54. The van der Waals surface area contributed by atoms with E-state index in [9.17, 15) is 9.18 Å². The van der Waals surface area contributed by atoms with Crippen LogP contribution in [0.1, 0.15) is 10.4 Å². The number of methoxy groups -OCH3 is 2. The molecule has 0 aromatic heterocycles. The van der Waals surface area contributed by atoms with Crippen LogP contribution in [0.15, 0.2) is 17.1 Å². The van der Waals surface area contributed by atoms with E-state index in [-0.39, 0.29) is 28.7 Å². The van der Waals surface area contributed by atoms with Crippen molar-refractivity contribution in [3.8, 4) is 5.75 Å². The number of nitrogens with two attached hydrogens (primary N) is 1. The van der Waals surface area contributed by atoms with Gasteiger partial charge in [0.15, 0.2) is 5.75 Å². The number of aliphatic imine (C=N–C) groups is 1. The highest BCUT2D eigenvalue weighted by atomic mass is 35.5. The molecule has 0 radical (unpaired) electrons. The van der Waals surface area contributed by atoms with Crippen LogP contribution in [0.4, 0.5) is 10.1 Å². The molecule has 0 aliphatic rings. The molecule has 0 amide bonds. The predicted octanol–water partition coefficient (Wildman–Crippen LogP) is 1.85. The lowest BCUT2D eigenvalue weighted by molar-refractivity contribution is 0.0591. The van der Waals surface area contributed by atoms with Gasteiger partial charge >= 0.3 is 5.97 Å². The standard InChI is InChI=1S/C11H12ClFN2O3/c1-17-10-7(15-8(14)5-12)4-3-6(13)9(10)11(16)18-2/h3-4H,5H2,1-2H3,(H2,14,15). The molecule has 1 aromatic carbocycles. The van der Waals surface area contributed by atoms with Crippen LogP contribution in [0.3, 0.4) is 0 Å².